The van der Waals surface area contributed by atoms with Gasteiger partial charge < -0.3 is 20.8 Å². The number of H-pyrrole nitrogens is 4. The highest BCUT2D eigenvalue weighted by molar-refractivity contribution is 6.05. The van der Waals surface area contributed by atoms with Gasteiger partial charge in [0.15, 0.2) is 11.3 Å². The zero-order valence-electron chi connectivity index (χ0n) is 28.1. The summed E-state index contributed by atoms with van der Waals surface area (Å²) in [5, 5.41) is 42.6. The first kappa shape index (κ1) is 31.2. The minimum absolute atomic E-state index is 0.369. The van der Waals surface area contributed by atoms with Gasteiger partial charge in [0.05, 0.1) is 34.6 Å². The van der Waals surface area contributed by atoms with Crippen molar-refractivity contribution in [3.8, 4) is 12.1 Å². The predicted octanol–water partition coefficient (Wildman–Crippen LogP) is 6.91. The lowest BCUT2D eigenvalue weighted by Crippen LogP contribution is -2.16. The number of rotatable bonds is 6. The van der Waals surface area contributed by atoms with Gasteiger partial charge in [-0.3, -0.25) is 10.2 Å². The molecule has 2 saturated carbocycles. The van der Waals surface area contributed by atoms with E-state index >= 15 is 0 Å². The number of aromatic amines is 4. The Balaban J connectivity index is 0.000000138. The number of pyridine rings is 4. The van der Waals surface area contributed by atoms with Gasteiger partial charge in [0.2, 0.25) is 0 Å². The molecule has 14 nitrogen and oxygen atoms in total. The van der Waals surface area contributed by atoms with Gasteiger partial charge in [0.25, 0.3) is 0 Å². The zero-order chi connectivity index (χ0) is 35.0. The fourth-order valence-corrected chi connectivity index (χ4v) is 7.95. The largest absolute Gasteiger partial charge is 0.367 e. The van der Waals surface area contributed by atoms with Gasteiger partial charge in [0.1, 0.15) is 23.8 Å². The highest BCUT2D eigenvalue weighted by Crippen LogP contribution is 2.40. The van der Waals surface area contributed by atoms with Crippen LogP contribution in [0.1, 0.15) is 72.9 Å². The SMILES string of the molecule is N#Cc1ccc(N[C@@H]2CC[C@@H](c3[nH][nH]c4cnc5nccc5c34)C2)nc1.N#Cc1ccc(N[C@@H]2CC[C@H](c3[nH][nH]c4cnc5nccc5c34)C2)nc1. The van der Waals surface area contributed by atoms with Crippen LogP contribution in [0, 0.1) is 22.7 Å². The van der Waals surface area contributed by atoms with Crippen LogP contribution in [0.3, 0.4) is 0 Å². The number of nitrogens with one attached hydrogen (secondary N) is 6. The summed E-state index contributed by atoms with van der Waals surface area (Å²) in [5.74, 6) is 2.54. The highest BCUT2D eigenvalue weighted by atomic mass is 15.1. The molecule has 10 rings (SSSR count). The van der Waals surface area contributed by atoms with E-state index < -0.39 is 0 Å². The van der Waals surface area contributed by atoms with E-state index in [1.165, 1.54) is 22.2 Å². The Labute approximate surface area is 297 Å². The Hall–Kier alpha value is -6.80. The smallest absolute Gasteiger partial charge is 0.159 e. The standard InChI is InChI=1S/2C19H17N7/c2*20-8-11-1-4-16(22-9-11)24-13-3-2-12(7-13)18-17-14-5-6-21-19(14)23-10-15(17)25-26-18/h2*1,4-6,9-10,12-13,25-26H,2-3,7H2,(H,22,24)/t12-,13+;12-,13-/m01/s1. The number of hydrogen-bond donors (Lipinski definition) is 6. The van der Waals surface area contributed by atoms with Gasteiger partial charge in [-0.1, -0.05) is 0 Å². The molecule has 8 aromatic rings. The monoisotopic (exact) mass is 686 g/mol. The Morgan fingerprint density at radius 1 is 0.538 bits per heavy atom. The molecule has 0 radical (unpaired) electrons. The molecule has 256 valence electrons. The van der Waals surface area contributed by atoms with E-state index in [0.717, 1.165) is 83.3 Å². The molecule has 0 aliphatic heterocycles. The predicted molar refractivity (Wildman–Crippen MR) is 197 cm³/mol. The molecule has 52 heavy (non-hydrogen) atoms. The second kappa shape index (κ2) is 13.2. The molecule has 8 aromatic heterocycles. The molecule has 0 amide bonds. The Kier molecular flexibility index (Phi) is 7.89. The fraction of sp³-hybridized carbons (Fsp3) is 0.263. The van der Waals surface area contributed by atoms with Crippen LogP contribution in [0.25, 0.3) is 43.9 Å². The van der Waals surface area contributed by atoms with E-state index in [1.807, 2.05) is 49.1 Å². The maximum Gasteiger partial charge on any atom is 0.159 e. The van der Waals surface area contributed by atoms with Gasteiger partial charge in [-0.25, -0.2) is 29.9 Å². The average Bonchev–Trinajstić information content (AvgIpc) is 4.03. The molecule has 4 atom stereocenters. The molecular weight excluding hydrogens is 653 g/mol. The van der Waals surface area contributed by atoms with E-state index in [1.54, 1.807) is 24.5 Å². The average molecular weight is 687 g/mol. The maximum atomic E-state index is 8.87. The molecule has 0 unspecified atom stereocenters. The Bertz CT molecular complexity index is 2410. The molecule has 2 aliphatic rings. The number of aromatic nitrogens is 10. The number of nitriles is 2. The molecule has 0 aromatic carbocycles. The quantitative estimate of drug-likeness (QED) is 0.106. The minimum Gasteiger partial charge on any atom is -0.367 e. The van der Waals surface area contributed by atoms with E-state index in [-0.39, 0.29) is 0 Å². The minimum atomic E-state index is 0.369. The Morgan fingerprint density at radius 3 is 1.44 bits per heavy atom. The first-order valence-corrected chi connectivity index (χ1v) is 17.5. The van der Waals surface area contributed by atoms with Crippen molar-refractivity contribution in [3.63, 3.8) is 0 Å². The molecule has 8 heterocycles. The van der Waals surface area contributed by atoms with E-state index in [0.29, 0.717) is 35.0 Å². The number of nitrogens with zero attached hydrogens (tertiary/aromatic N) is 8. The number of fused-ring (bicyclic) bond motifs is 6. The second-order valence-corrected chi connectivity index (χ2v) is 13.6. The topological polar surface area (TPSA) is 212 Å². The van der Waals surface area contributed by atoms with Gasteiger partial charge in [-0.05, 0) is 74.9 Å². The third kappa shape index (κ3) is 5.80. The van der Waals surface area contributed by atoms with Gasteiger partial charge in [-0.15, -0.1) is 0 Å². The third-order valence-electron chi connectivity index (χ3n) is 10.4. The molecule has 0 spiro atoms. The highest BCUT2D eigenvalue weighted by Gasteiger charge is 2.30. The molecule has 6 N–H and O–H groups in total. The van der Waals surface area contributed by atoms with Crippen molar-refractivity contribution in [2.24, 2.45) is 0 Å². The van der Waals surface area contributed by atoms with Crippen molar-refractivity contribution >= 4 is 55.5 Å². The Morgan fingerprint density at radius 2 is 1.02 bits per heavy atom. The van der Waals surface area contributed by atoms with Crippen LogP contribution >= 0.6 is 0 Å². The van der Waals surface area contributed by atoms with Crippen molar-refractivity contribution in [3.05, 3.63) is 96.1 Å². The van der Waals surface area contributed by atoms with Crippen LogP contribution in [0.4, 0.5) is 11.6 Å². The molecule has 2 aliphatic carbocycles. The first-order valence-electron chi connectivity index (χ1n) is 17.5. The molecule has 0 saturated heterocycles. The van der Waals surface area contributed by atoms with E-state index in [4.69, 9.17) is 10.5 Å². The van der Waals surface area contributed by atoms with E-state index in [9.17, 15) is 0 Å². The lowest BCUT2D eigenvalue weighted by molar-refractivity contribution is 0.682. The van der Waals surface area contributed by atoms with Crippen molar-refractivity contribution in [2.75, 3.05) is 10.6 Å². The van der Waals surface area contributed by atoms with E-state index in [2.05, 4.69) is 73.1 Å². The number of anilines is 2. The molecule has 14 heteroatoms. The van der Waals surface area contributed by atoms with Crippen LogP contribution in [0.5, 0.6) is 0 Å². The van der Waals surface area contributed by atoms with Crippen LogP contribution in [-0.4, -0.2) is 62.4 Å². The molecule has 2 fully saturated rings. The summed E-state index contributed by atoms with van der Waals surface area (Å²) in [4.78, 5) is 26.1. The summed E-state index contributed by atoms with van der Waals surface area (Å²) >= 11 is 0. The second-order valence-electron chi connectivity index (χ2n) is 13.6. The van der Waals surface area contributed by atoms with Gasteiger partial charge >= 0.3 is 0 Å². The molecule has 0 bridgehead atoms. The summed E-state index contributed by atoms with van der Waals surface area (Å²) < 4.78 is 0. The summed E-state index contributed by atoms with van der Waals surface area (Å²) in [6.45, 7) is 0. The normalized spacial score (nSPS) is 19.8. The molecular formula is C38H34N14. The van der Waals surface area contributed by atoms with Crippen LogP contribution < -0.4 is 10.6 Å². The number of hydrogen-bond acceptors (Lipinski definition) is 10. The van der Waals surface area contributed by atoms with Crippen molar-refractivity contribution in [1.29, 1.82) is 10.5 Å². The lowest BCUT2D eigenvalue weighted by atomic mass is 9.99. The maximum absolute atomic E-state index is 8.87. The van der Waals surface area contributed by atoms with Crippen molar-refractivity contribution in [1.82, 2.24) is 50.3 Å². The van der Waals surface area contributed by atoms with Crippen LogP contribution in [-0.2, 0) is 0 Å². The fourth-order valence-electron chi connectivity index (χ4n) is 7.95. The summed E-state index contributed by atoms with van der Waals surface area (Å²) in [7, 11) is 0. The summed E-state index contributed by atoms with van der Waals surface area (Å²) in [5.41, 5.74) is 7.25. The van der Waals surface area contributed by atoms with Crippen LogP contribution in [0.15, 0.2) is 73.6 Å². The van der Waals surface area contributed by atoms with Crippen molar-refractivity contribution in [2.45, 2.75) is 62.4 Å². The van der Waals surface area contributed by atoms with Crippen LogP contribution in [0.2, 0.25) is 0 Å². The van der Waals surface area contributed by atoms with Gasteiger partial charge in [-0.2, -0.15) is 10.5 Å². The lowest BCUT2D eigenvalue weighted by Gasteiger charge is -2.14. The summed E-state index contributed by atoms with van der Waals surface area (Å²) in [6, 6.07) is 16.3. The summed E-state index contributed by atoms with van der Waals surface area (Å²) in [6.07, 6.45) is 17.0. The third-order valence-corrected chi connectivity index (χ3v) is 10.4. The zero-order valence-corrected chi connectivity index (χ0v) is 28.1. The van der Waals surface area contributed by atoms with Gasteiger partial charge in [0, 0.05) is 81.6 Å². The first-order chi connectivity index (χ1) is 25.6. The van der Waals surface area contributed by atoms with Crippen molar-refractivity contribution < 1.29 is 0 Å².